The molecule has 0 fully saturated rings. The molecule has 1 aromatic rings. The highest BCUT2D eigenvalue weighted by Crippen LogP contribution is 2.24. The number of hydrogen-bond acceptors (Lipinski definition) is 6. The minimum absolute atomic E-state index is 0.468. The molecule has 0 saturated heterocycles. The highest BCUT2D eigenvalue weighted by atomic mass is 16.3. The molecule has 0 radical (unpaired) electrons. The summed E-state index contributed by atoms with van der Waals surface area (Å²) < 4.78 is 0. The van der Waals surface area contributed by atoms with E-state index in [1.165, 1.54) is 6.33 Å². The predicted molar refractivity (Wildman–Crippen MR) is 68.6 cm³/mol. The Morgan fingerprint density at radius 3 is 2.47 bits per heavy atom. The van der Waals surface area contributed by atoms with Gasteiger partial charge < -0.3 is 15.8 Å². The first-order chi connectivity index (χ1) is 7.92. The van der Waals surface area contributed by atoms with Crippen LogP contribution in [0, 0.1) is 0 Å². The molecule has 0 aliphatic carbocycles. The van der Waals surface area contributed by atoms with Crippen molar-refractivity contribution in [1.82, 2.24) is 9.97 Å². The van der Waals surface area contributed by atoms with E-state index in [0.717, 1.165) is 12.0 Å². The van der Waals surface area contributed by atoms with Crippen molar-refractivity contribution in [2.45, 2.75) is 45.8 Å². The molecule has 17 heavy (non-hydrogen) atoms. The minimum atomic E-state index is -0.503. The Morgan fingerprint density at radius 2 is 2.00 bits per heavy atom. The molecule has 0 spiro atoms. The maximum Gasteiger partial charge on any atom is 0.148 e. The number of aliphatic hydroxyl groups is 1. The van der Waals surface area contributed by atoms with E-state index >= 15 is 0 Å². The molecular weight excluding hydrogens is 218 g/mol. The second-order valence-corrected chi connectivity index (χ2v) is 4.57. The van der Waals surface area contributed by atoms with Crippen molar-refractivity contribution in [2.24, 2.45) is 5.84 Å². The van der Waals surface area contributed by atoms with Gasteiger partial charge in [0.05, 0.1) is 11.6 Å². The largest absolute Gasteiger partial charge is 0.391 e. The third-order valence-electron chi connectivity index (χ3n) is 2.92. The molecular formula is C11H21N5O. The van der Waals surface area contributed by atoms with Gasteiger partial charge in [0.15, 0.2) is 0 Å². The van der Waals surface area contributed by atoms with E-state index in [1.54, 1.807) is 6.92 Å². The topological polar surface area (TPSA) is 96.1 Å². The maximum atomic E-state index is 9.69. The predicted octanol–water partition coefficient (Wildman–Crippen LogP) is 0.896. The fraction of sp³-hybridized carbons (Fsp3) is 0.636. The van der Waals surface area contributed by atoms with E-state index in [2.05, 4.69) is 20.7 Å². The van der Waals surface area contributed by atoms with Crippen molar-refractivity contribution >= 4 is 11.6 Å². The van der Waals surface area contributed by atoms with E-state index in [0.29, 0.717) is 11.6 Å². The summed E-state index contributed by atoms with van der Waals surface area (Å²) in [6.45, 7) is 7.56. The molecule has 6 heteroatoms. The normalized spacial score (nSPS) is 13.3. The summed E-state index contributed by atoms with van der Waals surface area (Å²) >= 11 is 0. The molecule has 96 valence electrons. The Balaban J connectivity index is 3.06. The fourth-order valence-electron chi connectivity index (χ4n) is 1.39. The van der Waals surface area contributed by atoms with E-state index < -0.39 is 11.6 Å². The van der Waals surface area contributed by atoms with Gasteiger partial charge >= 0.3 is 0 Å². The van der Waals surface area contributed by atoms with Gasteiger partial charge in [-0.25, -0.2) is 15.8 Å². The number of anilines is 2. The number of hydrogen-bond donors (Lipinski definition) is 4. The Labute approximate surface area is 102 Å². The first kappa shape index (κ1) is 13.7. The molecule has 0 bridgehead atoms. The molecule has 0 aliphatic heterocycles. The van der Waals surface area contributed by atoms with Gasteiger partial charge in [-0.1, -0.05) is 6.92 Å². The molecule has 1 aromatic heterocycles. The number of nitrogens with zero attached hydrogens (tertiary/aromatic N) is 2. The zero-order chi connectivity index (χ0) is 13.1. The van der Waals surface area contributed by atoms with Crippen LogP contribution in [-0.4, -0.2) is 26.7 Å². The van der Waals surface area contributed by atoms with Crippen LogP contribution in [-0.2, 0) is 6.42 Å². The molecule has 0 aromatic carbocycles. The zero-order valence-electron chi connectivity index (χ0n) is 10.8. The van der Waals surface area contributed by atoms with Crippen molar-refractivity contribution in [3.8, 4) is 0 Å². The highest BCUT2D eigenvalue weighted by molar-refractivity contribution is 5.57. The smallest absolute Gasteiger partial charge is 0.148 e. The third-order valence-corrected chi connectivity index (χ3v) is 2.92. The molecule has 0 aliphatic rings. The highest BCUT2D eigenvalue weighted by Gasteiger charge is 2.25. The molecule has 0 saturated carbocycles. The van der Waals surface area contributed by atoms with E-state index in [1.807, 2.05) is 20.8 Å². The molecule has 1 rings (SSSR count). The van der Waals surface area contributed by atoms with E-state index in [9.17, 15) is 5.11 Å². The fourth-order valence-corrected chi connectivity index (χ4v) is 1.39. The van der Waals surface area contributed by atoms with Crippen molar-refractivity contribution in [3.05, 3.63) is 11.9 Å². The summed E-state index contributed by atoms with van der Waals surface area (Å²) in [6, 6.07) is 0. The van der Waals surface area contributed by atoms with Crippen LogP contribution in [0.5, 0.6) is 0 Å². The van der Waals surface area contributed by atoms with E-state index in [4.69, 9.17) is 5.84 Å². The number of aromatic nitrogens is 2. The van der Waals surface area contributed by atoms with Crippen LogP contribution in [0.25, 0.3) is 0 Å². The van der Waals surface area contributed by atoms with Gasteiger partial charge in [0.1, 0.15) is 18.0 Å². The van der Waals surface area contributed by atoms with Crippen molar-refractivity contribution in [1.29, 1.82) is 0 Å². The summed E-state index contributed by atoms with van der Waals surface area (Å²) in [4.78, 5) is 8.25. The number of aliphatic hydroxyl groups excluding tert-OH is 1. The molecule has 1 atom stereocenters. The first-order valence-electron chi connectivity index (χ1n) is 5.69. The van der Waals surface area contributed by atoms with E-state index in [-0.39, 0.29) is 0 Å². The molecule has 5 N–H and O–H groups in total. The SMILES string of the molecule is CCc1c(NN)ncnc1NC(C)(C)C(C)O. The summed E-state index contributed by atoms with van der Waals surface area (Å²) in [5.74, 6) is 6.70. The van der Waals surface area contributed by atoms with Crippen molar-refractivity contribution < 1.29 is 5.11 Å². The molecule has 0 amide bonds. The van der Waals surface area contributed by atoms with Gasteiger partial charge in [-0.2, -0.15) is 0 Å². The minimum Gasteiger partial charge on any atom is -0.391 e. The quantitative estimate of drug-likeness (QED) is 0.450. The zero-order valence-corrected chi connectivity index (χ0v) is 10.8. The lowest BCUT2D eigenvalue weighted by Gasteiger charge is -2.31. The summed E-state index contributed by atoms with van der Waals surface area (Å²) in [7, 11) is 0. The Bertz CT molecular complexity index is 378. The van der Waals surface area contributed by atoms with Crippen LogP contribution in [0.4, 0.5) is 11.6 Å². The Hall–Kier alpha value is -1.40. The molecule has 1 unspecified atom stereocenters. The standard InChI is InChI=1S/C11H21N5O/c1-5-8-9(13-6-14-10(8)16-12)15-11(3,4)7(2)17/h6-7,17H,5,12H2,1-4H3,(H2,13,14,15,16). The van der Waals surface area contributed by atoms with Crippen LogP contribution < -0.4 is 16.6 Å². The van der Waals surface area contributed by atoms with Gasteiger partial charge in [-0.3, -0.25) is 0 Å². The van der Waals surface area contributed by atoms with Crippen LogP contribution >= 0.6 is 0 Å². The lowest BCUT2D eigenvalue weighted by atomic mass is 9.98. The van der Waals surface area contributed by atoms with Crippen molar-refractivity contribution in [2.75, 3.05) is 10.7 Å². The second kappa shape index (κ2) is 5.29. The van der Waals surface area contributed by atoms with Crippen molar-refractivity contribution in [3.63, 3.8) is 0 Å². The number of hydrazine groups is 1. The Kier molecular flexibility index (Phi) is 4.25. The van der Waals surface area contributed by atoms with Gasteiger partial charge in [-0.05, 0) is 27.2 Å². The van der Waals surface area contributed by atoms with Crippen LogP contribution in [0.2, 0.25) is 0 Å². The van der Waals surface area contributed by atoms with Crippen LogP contribution in [0.3, 0.4) is 0 Å². The van der Waals surface area contributed by atoms with Gasteiger partial charge in [0, 0.05) is 5.56 Å². The third kappa shape index (κ3) is 3.04. The average molecular weight is 239 g/mol. The molecule has 6 nitrogen and oxygen atoms in total. The second-order valence-electron chi connectivity index (χ2n) is 4.57. The number of nitrogens with two attached hydrogens (primary N) is 1. The van der Waals surface area contributed by atoms with Crippen LogP contribution in [0.1, 0.15) is 33.3 Å². The summed E-state index contributed by atoms with van der Waals surface area (Å²) in [5.41, 5.74) is 2.99. The number of nitrogens with one attached hydrogen (secondary N) is 2. The monoisotopic (exact) mass is 239 g/mol. The summed E-state index contributed by atoms with van der Waals surface area (Å²) in [5, 5.41) is 12.9. The summed E-state index contributed by atoms with van der Waals surface area (Å²) in [6.07, 6.45) is 1.68. The maximum absolute atomic E-state index is 9.69. The lowest BCUT2D eigenvalue weighted by Crippen LogP contribution is -2.42. The number of nitrogen functional groups attached to an aromatic ring is 1. The van der Waals surface area contributed by atoms with Crippen LogP contribution in [0.15, 0.2) is 6.33 Å². The lowest BCUT2D eigenvalue weighted by molar-refractivity contribution is 0.133. The molecule has 1 heterocycles. The van der Waals surface area contributed by atoms with Gasteiger partial charge in [-0.15, -0.1) is 0 Å². The van der Waals surface area contributed by atoms with Gasteiger partial charge in [0.25, 0.3) is 0 Å². The number of rotatable bonds is 5. The Morgan fingerprint density at radius 1 is 1.41 bits per heavy atom. The van der Waals surface area contributed by atoms with Gasteiger partial charge in [0.2, 0.25) is 0 Å². The first-order valence-corrected chi connectivity index (χ1v) is 5.69. The average Bonchev–Trinajstić information content (AvgIpc) is 2.27.